The quantitative estimate of drug-likeness (QED) is 0.583. The fourth-order valence-corrected chi connectivity index (χ4v) is 2.79. The van der Waals surface area contributed by atoms with Crippen LogP contribution >= 0.6 is 0 Å². The van der Waals surface area contributed by atoms with Gasteiger partial charge in [0.15, 0.2) is 0 Å². The fraction of sp³-hybridized carbons (Fsp3) is 0.278. The van der Waals surface area contributed by atoms with Gasteiger partial charge in [-0.05, 0) is 23.3 Å². The summed E-state index contributed by atoms with van der Waals surface area (Å²) in [7, 11) is 1.56. The molecule has 2 aromatic heterocycles. The highest BCUT2D eigenvalue weighted by atomic mass is 16.5. The number of carbonyl (C=O) groups excluding carboxylic acids is 1. The van der Waals surface area contributed by atoms with Crippen molar-refractivity contribution in [3.63, 3.8) is 0 Å². The van der Waals surface area contributed by atoms with Crippen molar-refractivity contribution >= 4 is 12.0 Å². The Morgan fingerprint density at radius 3 is 3.00 bits per heavy atom. The Morgan fingerprint density at radius 2 is 2.28 bits per heavy atom. The number of nitrogens with zero attached hydrogens (tertiary/aromatic N) is 2. The fourth-order valence-electron chi connectivity index (χ4n) is 2.79. The van der Waals surface area contributed by atoms with E-state index in [1.165, 1.54) is 0 Å². The smallest absolute Gasteiger partial charge is 0.271 e. The normalized spacial score (nSPS) is 14.6. The zero-order chi connectivity index (χ0) is 17.8. The summed E-state index contributed by atoms with van der Waals surface area (Å²) >= 11 is 0. The molecule has 0 aromatic carbocycles. The molecule has 0 spiro atoms. The van der Waals surface area contributed by atoms with Crippen LogP contribution in [0.4, 0.5) is 5.69 Å². The number of rotatable bonds is 7. The number of pyridine rings is 2. The lowest BCUT2D eigenvalue weighted by atomic mass is 10.1. The number of anilines is 1. The first kappa shape index (κ1) is 16.9. The number of likely N-dealkylation sites (tertiary alicyclic amines) is 1. The molecule has 0 unspecified atom stereocenters. The standard InChI is InChI=1S/C18H20N4O3/c1-12(11-23)8-22-9-15(10-22)21-16-5-14(7-20-18(16)24)13-3-4-19-17(6-13)25-2/h3-7,11,15,21H,1,8-10H2,2H3,(H,20,24). The number of hydrogen-bond acceptors (Lipinski definition) is 6. The molecule has 3 heterocycles. The van der Waals surface area contributed by atoms with Gasteiger partial charge in [-0.3, -0.25) is 14.5 Å². The third-order valence-electron chi connectivity index (χ3n) is 4.09. The second kappa shape index (κ2) is 7.31. The highest BCUT2D eigenvalue weighted by Crippen LogP contribution is 2.23. The highest BCUT2D eigenvalue weighted by molar-refractivity contribution is 5.72. The van der Waals surface area contributed by atoms with Gasteiger partial charge in [0.2, 0.25) is 5.88 Å². The Morgan fingerprint density at radius 1 is 1.48 bits per heavy atom. The van der Waals surface area contributed by atoms with Gasteiger partial charge < -0.3 is 15.0 Å². The predicted octanol–water partition coefficient (Wildman–Crippen LogP) is 1.30. The number of hydrogen-bond donors (Lipinski definition) is 2. The number of nitrogens with one attached hydrogen (secondary N) is 2. The van der Waals surface area contributed by atoms with E-state index in [9.17, 15) is 9.59 Å². The first-order valence-corrected chi connectivity index (χ1v) is 7.94. The Bertz CT molecular complexity index is 840. The molecule has 7 nitrogen and oxygen atoms in total. The second-order valence-electron chi connectivity index (χ2n) is 6.03. The average Bonchev–Trinajstić information content (AvgIpc) is 2.61. The Kier molecular flexibility index (Phi) is 4.95. The zero-order valence-electron chi connectivity index (χ0n) is 14.0. The lowest BCUT2D eigenvalue weighted by Crippen LogP contribution is -2.55. The first-order valence-electron chi connectivity index (χ1n) is 7.94. The van der Waals surface area contributed by atoms with Gasteiger partial charge in [0.1, 0.15) is 12.0 Å². The molecule has 1 aliphatic rings. The van der Waals surface area contributed by atoms with Crippen molar-refractivity contribution in [3.05, 3.63) is 53.1 Å². The minimum Gasteiger partial charge on any atom is -0.481 e. The SMILES string of the molecule is C=C(C=O)CN1CC(Nc2cc(-c3ccnc(OC)c3)c[nH]c2=O)C1. The molecule has 7 heteroatoms. The van der Waals surface area contributed by atoms with Crippen molar-refractivity contribution in [3.8, 4) is 17.0 Å². The molecule has 130 valence electrons. The van der Waals surface area contributed by atoms with Crippen LogP contribution in [0.2, 0.25) is 0 Å². The maximum absolute atomic E-state index is 12.1. The number of methoxy groups -OCH3 is 1. The molecular formula is C18H20N4O3. The van der Waals surface area contributed by atoms with E-state index in [1.54, 1.807) is 19.5 Å². The van der Waals surface area contributed by atoms with Crippen LogP contribution in [0.5, 0.6) is 5.88 Å². The van der Waals surface area contributed by atoms with Gasteiger partial charge in [0.05, 0.1) is 13.2 Å². The number of H-pyrrole nitrogens is 1. The molecule has 25 heavy (non-hydrogen) atoms. The molecule has 0 amide bonds. The van der Waals surface area contributed by atoms with Crippen LogP contribution in [0.1, 0.15) is 0 Å². The topological polar surface area (TPSA) is 87.3 Å². The van der Waals surface area contributed by atoms with Gasteiger partial charge in [-0.25, -0.2) is 4.98 Å². The van der Waals surface area contributed by atoms with Gasteiger partial charge >= 0.3 is 0 Å². The van der Waals surface area contributed by atoms with Crippen molar-refractivity contribution in [2.75, 3.05) is 32.1 Å². The second-order valence-corrected chi connectivity index (χ2v) is 6.03. The van der Waals surface area contributed by atoms with E-state index in [4.69, 9.17) is 4.74 Å². The summed E-state index contributed by atoms with van der Waals surface area (Å²) in [5, 5.41) is 3.26. The molecule has 2 aromatic rings. The number of carbonyl (C=O) groups is 1. The van der Waals surface area contributed by atoms with E-state index < -0.39 is 0 Å². The monoisotopic (exact) mass is 340 g/mol. The zero-order valence-corrected chi connectivity index (χ0v) is 14.0. The van der Waals surface area contributed by atoms with E-state index >= 15 is 0 Å². The largest absolute Gasteiger partial charge is 0.481 e. The van der Waals surface area contributed by atoms with Crippen molar-refractivity contribution in [1.82, 2.24) is 14.9 Å². The molecule has 0 atom stereocenters. The molecule has 0 bridgehead atoms. The molecule has 3 rings (SSSR count). The Balaban J connectivity index is 1.70. The van der Waals surface area contributed by atoms with E-state index in [0.717, 1.165) is 30.5 Å². The number of aromatic amines is 1. The van der Waals surface area contributed by atoms with Gasteiger partial charge in [-0.1, -0.05) is 6.58 Å². The Labute approximate surface area is 145 Å². The van der Waals surface area contributed by atoms with E-state index in [0.29, 0.717) is 23.7 Å². The molecule has 1 fully saturated rings. The first-order chi connectivity index (χ1) is 12.1. The van der Waals surface area contributed by atoms with E-state index in [1.807, 2.05) is 18.2 Å². The minimum absolute atomic E-state index is 0.166. The maximum Gasteiger partial charge on any atom is 0.271 e. The van der Waals surface area contributed by atoms with Crippen LogP contribution in [0.25, 0.3) is 11.1 Å². The predicted molar refractivity (Wildman–Crippen MR) is 95.9 cm³/mol. The summed E-state index contributed by atoms with van der Waals surface area (Å²) in [5.74, 6) is 0.517. The van der Waals surface area contributed by atoms with Gasteiger partial charge in [-0.15, -0.1) is 0 Å². The average molecular weight is 340 g/mol. The lowest BCUT2D eigenvalue weighted by molar-refractivity contribution is -0.105. The van der Waals surface area contributed by atoms with Crippen molar-refractivity contribution in [1.29, 1.82) is 0 Å². The summed E-state index contributed by atoms with van der Waals surface area (Å²) in [6.45, 7) is 5.77. The van der Waals surface area contributed by atoms with Crippen molar-refractivity contribution < 1.29 is 9.53 Å². The van der Waals surface area contributed by atoms with Crippen LogP contribution in [0.15, 0.2) is 47.5 Å². The van der Waals surface area contributed by atoms with E-state index in [2.05, 4.69) is 26.8 Å². The van der Waals surface area contributed by atoms with Crippen LogP contribution in [-0.2, 0) is 4.79 Å². The summed E-state index contributed by atoms with van der Waals surface area (Å²) in [4.78, 5) is 31.6. The van der Waals surface area contributed by atoms with Crippen LogP contribution in [-0.4, -0.2) is 53.9 Å². The molecule has 0 saturated carbocycles. The molecular weight excluding hydrogens is 320 g/mol. The third-order valence-corrected chi connectivity index (χ3v) is 4.09. The van der Waals surface area contributed by atoms with Gasteiger partial charge in [0, 0.05) is 43.7 Å². The van der Waals surface area contributed by atoms with Crippen LogP contribution < -0.4 is 15.6 Å². The maximum atomic E-state index is 12.1. The van der Waals surface area contributed by atoms with Crippen LogP contribution in [0, 0.1) is 0 Å². The summed E-state index contributed by atoms with van der Waals surface area (Å²) < 4.78 is 5.14. The Hall–Kier alpha value is -2.93. The van der Waals surface area contributed by atoms with E-state index in [-0.39, 0.29) is 11.6 Å². The van der Waals surface area contributed by atoms with Crippen molar-refractivity contribution in [2.45, 2.75) is 6.04 Å². The molecule has 0 radical (unpaired) electrons. The molecule has 0 aliphatic carbocycles. The minimum atomic E-state index is -0.166. The van der Waals surface area contributed by atoms with Crippen LogP contribution in [0.3, 0.4) is 0 Å². The summed E-state index contributed by atoms with van der Waals surface area (Å²) in [5.41, 5.74) is 2.69. The summed E-state index contributed by atoms with van der Waals surface area (Å²) in [6, 6.07) is 5.66. The highest BCUT2D eigenvalue weighted by Gasteiger charge is 2.27. The third kappa shape index (κ3) is 3.95. The molecule has 1 saturated heterocycles. The van der Waals surface area contributed by atoms with Crippen molar-refractivity contribution in [2.24, 2.45) is 0 Å². The number of aldehydes is 1. The number of ether oxygens (including phenoxy) is 1. The molecule has 1 aliphatic heterocycles. The van der Waals surface area contributed by atoms with Gasteiger partial charge in [0.25, 0.3) is 5.56 Å². The summed E-state index contributed by atoms with van der Waals surface area (Å²) in [6.07, 6.45) is 4.11. The lowest BCUT2D eigenvalue weighted by Gasteiger charge is -2.39. The number of aromatic nitrogens is 2. The van der Waals surface area contributed by atoms with Gasteiger partial charge in [-0.2, -0.15) is 0 Å². The molecule has 2 N–H and O–H groups in total.